The highest BCUT2D eigenvalue weighted by Crippen LogP contribution is 1.97. The van der Waals surface area contributed by atoms with Crippen molar-refractivity contribution in [2.24, 2.45) is 0 Å². The largest absolute Gasteiger partial charge is 0.396 e. The Morgan fingerprint density at radius 3 is 1.69 bits per heavy atom. The zero-order chi connectivity index (χ0) is 11.6. The first-order valence-electron chi connectivity index (χ1n) is 5.34. The fourth-order valence-corrected chi connectivity index (χ4v) is 1.25. The van der Waals surface area contributed by atoms with E-state index in [4.69, 9.17) is 5.11 Å². The van der Waals surface area contributed by atoms with E-state index in [0.717, 1.165) is 12.0 Å². The Bertz CT molecular complexity index is 367. The minimum Gasteiger partial charge on any atom is -0.396 e. The summed E-state index contributed by atoms with van der Waals surface area (Å²) in [5.41, 5.74) is 2.27. The van der Waals surface area contributed by atoms with Crippen molar-refractivity contribution in [2.75, 3.05) is 6.61 Å². The molecule has 1 heteroatoms. The number of aliphatic hydroxyl groups is 1. The summed E-state index contributed by atoms with van der Waals surface area (Å²) in [6.45, 7) is 3.96. The zero-order valence-corrected chi connectivity index (χ0v) is 9.34. The molecule has 1 N–H and O–H groups in total. The van der Waals surface area contributed by atoms with Crippen molar-refractivity contribution in [3.8, 4) is 0 Å². The van der Waals surface area contributed by atoms with E-state index in [1.54, 1.807) is 0 Å². The van der Waals surface area contributed by atoms with Crippen LogP contribution < -0.4 is 0 Å². The van der Waals surface area contributed by atoms with Gasteiger partial charge in [0.2, 0.25) is 0 Å². The third kappa shape index (κ3) is 5.32. The smallest absolute Gasteiger partial charge is 0.0471 e. The molecule has 0 saturated heterocycles. The zero-order valence-electron chi connectivity index (χ0n) is 9.34. The minimum absolute atomic E-state index is 0.240. The second-order valence-electron chi connectivity index (χ2n) is 3.44. The van der Waals surface area contributed by atoms with Gasteiger partial charge in [0.05, 0.1) is 0 Å². The molecule has 0 aliphatic heterocycles. The first kappa shape index (κ1) is 12.5. The average molecular weight is 213 g/mol. The van der Waals surface area contributed by atoms with Gasteiger partial charge in [-0.2, -0.15) is 0 Å². The molecule has 1 nitrogen and oxygen atoms in total. The van der Waals surface area contributed by atoms with Crippen LogP contribution >= 0.6 is 0 Å². The highest BCUT2D eigenvalue weighted by Gasteiger charge is 1.85. The van der Waals surface area contributed by atoms with Crippen molar-refractivity contribution >= 4 is 0 Å². The number of hydrogen-bond acceptors (Lipinski definition) is 1. The summed E-state index contributed by atoms with van der Waals surface area (Å²) in [5.74, 6) is 0. The van der Waals surface area contributed by atoms with E-state index in [1.807, 2.05) is 60.7 Å². The molecule has 0 spiro atoms. The Morgan fingerprint density at radius 1 is 0.812 bits per heavy atom. The molecular weight excluding hydrogens is 196 g/mol. The lowest BCUT2D eigenvalue weighted by Gasteiger charge is -1.93. The molecule has 0 atom stereocenters. The summed E-state index contributed by atoms with van der Waals surface area (Å²) in [7, 11) is 0. The molecule has 0 aromatic heterocycles. The van der Waals surface area contributed by atoms with E-state index in [1.165, 1.54) is 5.56 Å². The predicted octanol–water partition coefficient (Wildman–Crippen LogP) is 3.09. The van der Waals surface area contributed by atoms with Gasteiger partial charge in [0.1, 0.15) is 0 Å². The summed E-state index contributed by atoms with van der Waals surface area (Å²) < 4.78 is 0. The van der Waals surface area contributed by atoms with Crippen LogP contribution in [0.25, 0.3) is 0 Å². The van der Waals surface area contributed by atoms with Gasteiger partial charge in [0.15, 0.2) is 0 Å². The molecule has 0 unspecified atom stereocenters. The molecular formula is C15H17O. The standard InChI is InChI=1S/C8H10O.C7H7/c9-7-6-8-4-2-1-3-5-8;1-7-5-3-2-4-6-7/h1-5,9H,6-7H2;2-6H,1H2. The lowest BCUT2D eigenvalue weighted by atomic mass is 10.2. The normalized spacial score (nSPS) is 9.12. The molecule has 0 aliphatic carbocycles. The molecule has 0 heterocycles. The SMILES string of the molecule is OCCc1ccccc1.[CH2]c1ccccc1. The summed E-state index contributed by atoms with van der Waals surface area (Å²) in [4.78, 5) is 0. The molecule has 16 heavy (non-hydrogen) atoms. The van der Waals surface area contributed by atoms with Gasteiger partial charge in [-0.15, -0.1) is 0 Å². The topological polar surface area (TPSA) is 20.2 Å². The van der Waals surface area contributed by atoms with Gasteiger partial charge in [0.25, 0.3) is 0 Å². The van der Waals surface area contributed by atoms with Gasteiger partial charge < -0.3 is 5.11 Å². The third-order valence-electron chi connectivity index (χ3n) is 2.09. The first-order valence-corrected chi connectivity index (χ1v) is 5.34. The quantitative estimate of drug-likeness (QED) is 0.812. The Hall–Kier alpha value is -1.60. The van der Waals surface area contributed by atoms with Crippen molar-refractivity contribution in [3.05, 3.63) is 78.7 Å². The van der Waals surface area contributed by atoms with Crippen molar-refractivity contribution in [1.82, 2.24) is 0 Å². The van der Waals surface area contributed by atoms with Crippen LogP contribution in [0.4, 0.5) is 0 Å². The van der Waals surface area contributed by atoms with E-state index in [9.17, 15) is 0 Å². The maximum atomic E-state index is 8.52. The molecule has 83 valence electrons. The van der Waals surface area contributed by atoms with E-state index in [2.05, 4.69) is 6.92 Å². The fourth-order valence-electron chi connectivity index (χ4n) is 1.25. The molecule has 0 aliphatic rings. The number of hydrogen-bond donors (Lipinski definition) is 1. The summed E-state index contributed by atoms with van der Waals surface area (Å²) in [6, 6.07) is 19.8. The summed E-state index contributed by atoms with van der Waals surface area (Å²) >= 11 is 0. The minimum atomic E-state index is 0.240. The van der Waals surface area contributed by atoms with Crippen LogP contribution in [0.2, 0.25) is 0 Å². The molecule has 1 radical (unpaired) electrons. The van der Waals surface area contributed by atoms with Crippen molar-refractivity contribution in [2.45, 2.75) is 6.42 Å². The molecule has 0 fully saturated rings. The number of aliphatic hydroxyl groups excluding tert-OH is 1. The molecule has 2 rings (SSSR count). The fraction of sp³-hybridized carbons (Fsp3) is 0.133. The number of rotatable bonds is 2. The van der Waals surface area contributed by atoms with Crippen LogP contribution in [0.5, 0.6) is 0 Å². The van der Waals surface area contributed by atoms with Gasteiger partial charge in [-0.25, -0.2) is 0 Å². The van der Waals surface area contributed by atoms with E-state index < -0.39 is 0 Å². The van der Waals surface area contributed by atoms with Crippen LogP contribution in [-0.4, -0.2) is 11.7 Å². The second kappa shape index (κ2) is 7.66. The second-order valence-corrected chi connectivity index (χ2v) is 3.44. The Labute approximate surface area is 97.4 Å². The maximum absolute atomic E-state index is 8.52. The van der Waals surface area contributed by atoms with Gasteiger partial charge in [-0.3, -0.25) is 0 Å². The monoisotopic (exact) mass is 213 g/mol. The van der Waals surface area contributed by atoms with Crippen molar-refractivity contribution < 1.29 is 5.11 Å². The highest BCUT2D eigenvalue weighted by molar-refractivity contribution is 5.16. The maximum Gasteiger partial charge on any atom is 0.0471 e. The first-order chi connectivity index (χ1) is 7.83. The average Bonchev–Trinajstić information content (AvgIpc) is 2.33. The van der Waals surface area contributed by atoms with Gasteiger partial charge >= 0.3 is 0 Å². The lowest BCUT2D eigenvalue weighted by molar-refractivity contribution is 0.299. The molecule has 2 aromatic carbocycles. The Morgan fingerprint density at radius 2 is 1.31 bits per heavy atom. The van der Waals surface area contributed by atoms with Gasteiger partial charge in [-0.05, 0) is 24.5 Å². The molecule has 0 bridgehead atoms. The van der Waals surface area contributed by atoms with E-state index in [-0.39, 0.29) is 6.61 Å². The predicted molar refractivity (Wildman–Crippen MR) is 68.1 cm³/mol. The van der Waals surface area contributed by atoms with Crippen LogP contribution in [0, 0.1) is 6.92 Å². The van der Waals surface area contributed by atoms with Crippen LogP contribution in [-0.2, 0) is 6.42 Å². The Balaban J connectivity index is 0.000000165. The highest BCUT2D eigenvalue weighted by atomic mass is 16.2. The summed E-state index contributed by atoms with van der Waals surface area (Å²) in [5, 5.41) is 8.52. The van der Waals surface area contributed by atoms with Crippen LogP contribution in [0.3, 0.4) is 0 Å². The summed E-state index contributed by atoms with van der Waals surface area (Å²) in [6.07, 6.45) is 0.765. The third-order valence-corrected chi connectivity index (χ3v) is 2.09. The molecule has 2 aromatic rings. The Kier molecular flexibility index (Phi) is 5.97. The van der Waals surface area contributed by atoms with E-state index >= 15 is 0 Å². The van der Waals surface area contributed by atoms with Gasteiger partial charge in [-0.1, -0.05) is 60.7 Å². The van der Waals surface area contributed by atoms with Crippen molar-refractivity contribution in [3.63, 3.8) is 0 Å². The van der Waals surface area contributed by atoms with Crippen molar-refractivity contribution in [1.29, 1.82) is 0 Å². The van der Waals surface area contributed by atoms with Crippen LogP contribution in [0.15, 0.2) is 60.7 Å². The molecule has 0 amide bonds. The van der Waals surface area contributed by atoms with Crippen LogP contribution in [0.1, 0.15) is 11.1 Å². The molecule has 0 saturated carbocycles. The lowest BCUT2D eigenvalue weighted by Crippen LogP contribution is -1.88. The number of benzene rings is 2. The van der Waals surface area contributed by atoms with Gasteiger partial charge in [0, 0.05) is 6.61 Å². The van der Waals surface area contributed by atoms with E-state index in [0.29, 0.717) is 0 Å².